The molecular formula is C25H32N4O2. The number of aliphatic imine (C=N–C) groups is 1. The summed E-state index contributed by atoms with van der Waals surface area (Å²) < 4.78 is 5.65. The first kappa shape index (κ1) is 22.6. The van der Waals surface area contributed by atoms with Crippen molar-refractivity contribution < 1.29 is 9.84 Å². The molecule has 1 unspecified atom stereocenters. The predicted octanol–water partition coefficient (Wildman–Crippen LogP) is 3.85. The first-order valence-electron chi connectivity index (χ1n) is 10.9. The van der Waals surface area contributed by atoms with Crippen molar-refractivity contribution in [3.63, 3.8) is 0 Å². The van der Waals surface area contributed by atoms with Crippen LogP contribution in [0.4, 0.5) is 0 Å². The number of pyridine rings is 1. The van der Waals surface area contributed by atoms with Crippen LogP contribution in [-0.4, -0.2) is 41.8 Å². The number of fused-ring (bicyclic) bond motifs is 1. The van der Waals surface area contributed by atoms with Gasteiger partial charge in [-0.25, -0.2) is 0 Å². The molecule has 3 N–H and O–H groups in total. The lowest BCUT2D eigenvalue weighted by Crippen LogP contribution is -2.38. The number of aliphatic hydroxyl groups excluding tert-OH is 1. The number of nitrogens with one attached hydrogen (secondary N) is 2. The molecule has 1 aromatic heterocycles. The molecule has 0 bridgehead atoms. The Morgan fingerprint density at radius 1 is 1.06 bits per heavy atom. The van der Waals surface area contributed by atoms with E-state index in [1.54, 1.807) is 0 Å². The maximum Gasteiger partial charge on any atom is 0.191 e. The van der Waals surface area contributed by atoms with Gasteiger partial charge in [-0.05, 0) is 56.5 Å². The Labute approximate surface area is 184 Å². The molecule has 2 aromatic carbocycles. The van der Waals surface area contributed by atoms with Crippen LogP contribution in [0, 0.1) is 0 Å². The van der Waals surface area contributed by atoms with Crippen molar-refractivity contribution in [2.75, 3.05) is 19.6 Å². The van der Waals surface area contributed by atoms with Crippen LogP contribution in [-0.2, 0) is 6.42 Å². The fourth-order valence-corrected chi connectivity index (χ4v) is 3.35. The highest BCUT2D eigenvalue weighted by Crippen LogP contribution is 2.19. The standard InChI is InChI=1S/C25H32N4O2/c1-4-26-25(28-16-14-21-8-5-7-20-9-6-15-27-24(20)21)29-17-23(30)19-10-12-22(13-11-19)31-18(2)3/h5-13,15,18,23,30H,4,14,16-17H2,1-3H3,(H2,26,28,29). The highest BCUT2D eigenvalue weighted by Gasteiger charge is 2.09. The Hall–Kier alpha value is -3.12. The van der Waals surface area contributed by atoms with Crippen LogP contribution in [0.25, 0.3) is 10.9 Å². The van der Waals surface area contributed by atoms with E-state index in [9.17, 15) is 5.11 Å². The molecule has 0 spiro atoms. The molecule has 1 atom stereocenters. The third-order valence-electron chi connectivity index (χ3n) is 4.81. The van der Waals surface area contributed by atoms with Crippen molar-refractivity contribution in [1.29, 1.82) is 0 Å². The van der Waals surface area contributed by atoms with E-state index >= 15 is 0 Å². The summed E-state index contributed by atoms with van der Waals surface area (Å²) in [6, 6.07) is 17.8. The molecule has 0 radical (unpaired) electrons. The molecule has 0 fully saturated rings. The van der Waals surface area contributed by atoms with Crippen LogP contribution in [0.5, 0.6) is 5.75 Å². The SMILES string of the molecule is CCNC(=NCC(O)c1ccc(OC(C)C)cc1)NCCc1cccc2cccnc12. The van der Waals surface area contributed by atoms with Gasteiger partial charge in [0.05, 0.1) is 24.3 Å². The minimum absolute atomic E-state index is 0.124. The smallest absolute Gasteiger partial charge is 0.191 e. The molecule has 0 saturated heterocycles. The quantitative estimate of drug-likeness (QED) is 0.362. The monoisotopic (exact) mass is 420 g/mol. The van der Waals surface area contributed by atoms with Gasteiger partial charge >= 0.3 is 0 Å². The molecule has 0 aliphatic rings. The second-order valence-corrected chi connectivity index (χ2v) is 7.64. The number of ether oxygens (including phenoxy) is 1. The number of hydrogen-bond acceptors (Lipinski definition) is 4. The Balaban J connectivity index is 1.57. The predicted molar refractivity (Wildman–Crippen MR) is 127 cm³/mol. The van der Waals surface area contributed by atoms with Gasteiger partial charge in [0.1, 0.15) is 5.75 Å². The molecule has 31 heavy (non-hydrogen) atoms. The molecule has 6 heteroatoms. The van der Waals surface area contributed by atoms with Gasteiger partial charge < -0.3 is 20.5 Å². The maximum absolute atomic E-state index is 10.5. The summed E-state index contributed by atoms with van der Waals surface area (Å²) >= 11 is 0. The summed E-state index contributed by atoms with van der Waals surface area (Å²) in [7, 11) is 0. The average Bonchev–Trinajstić information content (AvgIpc) is 2.77. The third kappa shape index (κ3) is 6.69. The zero-order valence-electron chi connectivity index (χ0n) is 18.5. The van der Waals surface area contributed by atoms with E-state index in [2.05, 4.69) is 44.9 Å². The zero-order valence-corrected chi connectivity index (χ0v) is 18.5. The summed E-state index contributed by atoms with van der Waals surface area (Å²) in [6.45, 7) is 7.75. The number of aromatic nitrogens is 1. The van der Waals surface area contributed by atoms with Gasteiger partial charge in [-0.2, -0.15) is 0 Å². The molecule has 0 aliphatic heterocycles. The Morgan fingerprint density at radius 3 is 2.58 bits per heavy atom. The number of para-hydroxylation sites is 1. The van der Waals surface area contributed by atoms with E-state index in [1.807, 2.05) is 57.3 Å². The van der Waals surface area contributed by atoms with Gasteiger partial charge in [-0.1, -0.05) is 36.4 Å². The van der Waals surface area contributed by atoms with E-state index < -0.39 is 6.10 Å². The summed E-state index contributed by atoms with van der Waals surface area (Å²) in [5.41, 5.74) is 3.05. The normalized spacial score (nSPS) is 12.7. The van der Waals surface area contributed by atoms with Crippen LogP contribution >= 0.6 is 0 Å². The molecule has 0 aliphatic carbocycles. The zero-order chi connectivity index (χ0) is 22.1. The van der Waals surface area contributed by atoms with Crippen LogP contribution < -0.4 is 15.4 Å². The van der Waals surface area contributed by atoms with Crippen molar-refractivity contribution in [3.8, 4) is 5.75 Å². The van der Waals surface area contributed by atoms with Gasteiger partial charge in [0.15, 0.2) is 5.96 Å². The summed E-state index contributed by atoms with van der Waals surface area (Å²) in [6.07, 6.45) is 2.11. The van der Waals surface area contributed by atoms with Crippen molar-refractivity contribution in [3.05, 3.63) is 71.9 Å². The largest absolute Gasteiger partial charge is 0.491 e. The second kappa shape index (κ2) is 11.3. The van der Waals surface area contributed by atoms with Gasteiger partial charge in [-0.15, -0.1) is 0 Å². The number of rotatable bonds is 9. The summed E-state index contributed by atoms with van der Waals surface area (Å²) in [5.74, 6) is 1.49. The highest BCUT2D eigenvalue weighted by atomic mass is 16.5. The Bertz CT molecular complexity index is 981. The summed E-state index contributed by atoms with van der Waals surface area (Å²) in [4.78, 5) is 9.07. The Morgan fingerprint density at radius 2 is 1.84 bits per heavy atom. The third-order valence-corrected chi connectivity index (χ3v) is 4.81. The second-order valence-electron chi connectivity index (χ2n) is 7.64. The van der Waals surface area contributed by atoms with Gasteiger partial charge in [0, 0.05) is 24.7 Å². The lowest BCUT2D eigenvalue weighted by Gasteiger charge is -2.14. The van der Waals surface area contributed by atoms with Gasteiger partial charge in [0.2, 0.25) is 0 Å². The van der Waals surface area contributed by atoms with Crippen molar-refractivity contribution in [2.24, 2.45) is 4.99 Å². The average molecular weight is 421 g/mol. The minimum atomic E-state index is -0.675. The van der Waals surface area contributed by atoms with E-state index in [0.29, 0.717) is 5.96 Å². The topological polar surface area (TPSA) is 78.8 Å². The first-order chi connectivity index (χ1) is 15.1. The van der Waals surface area contributed by atoms with E-state index in [-0.39, 0.29) is 12.6 Å². The highest BCUT2D eigenvalue weighted by molar-refractivity contribution is 5.82. The van der Waals surface area contributed by atoms with Crippen molar-refractivity contribution in [2.45, 2.75) is 39.4 Å². The van der Waals surface area contributed by atoms with Gasteiger partial charge in [-0.3, -0.25) is 9.98 Å². The molecule has 3 rings (SSSR count). The lowest BCUT2D eigenvalue weighted by molar-refractivity contribution is 0.186. The summed E-state index contributed by atoms with van der Waals surface area (Å²) in [5, 5.41) is 18.3. The number of guanidine groups is 1. The van der Waals surface area contributed by atoms with E-state index in [1.165, 1.54) is 5.56 Å². The molecule has 0 amide bonds. The van der Waals surface area contributed by atoms with Crippen LogP contribution in [0.2, 0.25) is 0 Å². The first-order valence-corrected chi connectivity index (χ1v) is 10.9. The van der Waals surface area contributed by atoms with Crippen molar-refractivity contribution in [1.82, 2.24) is 15.6 Å². The Kier molecular flexibility index (Phi) is 8.24. The molecule has 3 aromatic rings. The molecule has 6 nitrogen and oxygen atoms in total. The van der Waals surface area contributed by atoms with Crippen LogP contribution in [0.3, 0.4) is 0 Å². The maximum atomic E-state index is 10.5. The fourth-order valence-electron chi connectivity index (χ4n) is 3.35. The van der Waals surface area contributed by atoms with E-state index in [0.717, 1.165) is 41.7 Å². The van der Waals surface area contributed by atoms with Gasteiger partial charge in [0.25, 0.3) is 0 Å². The number of benzene rings is 2. The molecular weight excluding hydrogens is 388 g/mol. The lowest BCUT2D eigenvalue weighted by atomic mass is 10.1. The van der Waals surface area contributed by atoms with Crippen molar-refractivity contribution >= 4 is 16.9 Å². The fraction of sp³-hybridized carbons (Fsp3) is 0.360. The molecule has 0 saturated carbocycles. The molecule has 1 heterocycles. The number of nitrogens with zero attached hydrogens (tertiary/aromatic N) is 2. The van der Waals surface area contributed by atoms with Crippen LogP contribution in [0.1, 0.15) is 38.0 Å². The number of aliphatic hydroxyl groups is 1. The van der Waals surface area contributed by atoms with E-state index in [4.69, 9.17) is 4.74 Å². The van der Waals surface area contributed by atoms with Crippen LogP contribution in [0.15, 0.2) is 65.8 Å². The number of hydrogen-bond donors (Lipinski definition) is 3. The molecule has 164 valence electrons. The minimum Gasteiger partial charge on any atom is -0.491 e.